The number of carbonyl (C=O) groups is 1. The molecule has 1 aliphatic rings. The Morgan fingerprint density at radius 1 is 1.58 bits per heavy atom. The van der Waals surface area contributed by atoms with E-state index in [0.717, 1.165) is 31.3 Å². The van der Waals surface area contributed by atoms with Gasteiger partial charge < -0.3 is 14.7 Å². The van der Waals surface area contributed by atoms with Gasteiger partial charge in [0.15, 0.2) is 11.5 Å². The summed E-state index contributed by atoms with van der Waals surface area (Å²) in [4.78, 5) is 14.3. The van der Waals surface area contributed by atoms with Crippen molar-refractivity contribution < 1.29 is 14.6 Å². The molecule has 1 aliphatic heterocycles. The summed E-state index contributed by atoms with van der Waals surface area (Å²) in [6.07, 6.45) is 2.14. The molecule has 1 fully saturated rings. The first-order valence-corrected chi connectivity index (χ1v) is 7.50. The van der Waals surface area contributed by atoms with Gasteiger partial charge in [-0.2, -0.15) is 0 Å². The predicted molar refractivity (Wildman–Crippen MR) is 77.1 cm³/mol. The molecule has 19 heavy (non-hydrogen) atoms. The minimum Gasteiger partial charge on any atom is -0.504 e. The topological polar surface area (TPSA) is 49.8 Å². The average molecular weight is 328 g/mol. The van der Waals surface area contributed by atoms with E-state index in [-0.39, 0.29) is 11.7 Å². The fourth-order valence-corrected chi connectivity index (χ4v) is 2.93. The molecule has 1 atom stereocenters. The van der Waals surface area contributed by atoms with Crippen molar-refractivity contribution in [2.45, 2.75) is 12.8 Å². The van der Waals surface area contributed by atoms with E-state index >= 15 is 0 Å². The molecular formula is C14H18BrNO3. The summed E-state index contributed by atoms with van der Waals surface area (Å²) in [5, 5.41) is 10.9. The molecule has 5 heteroatoms. The molecule has 1 N–H and O–H groups in total. The molecule has 0 saturated carbocycles. The highest BCUT2D eigenvalue weighted by Crippen LogP contribution is 2.31. The van der Waals surface area contributed by atoms with Crippen molar-refractivity contribution in [3.8, 4) is 11.5 Å². The van der Waals surface area contributed by atoms with Crippen LogP contribution in [0.2, 0.25) is 0 Å². The Kier molecular flexibility index (Phi) is 4.69. The number of rotatable bonds is 3. The zero-order valence-corrected chi connectivity index (χ0v) is 12.5. The van der Waals surface area contributed by atoms with E-state index in [1.54, 1.807) is 18.2 Å². The quantitative estimate of drug-likeness (QED) is 0.868. The summed E-state index contributed by atoms with van der Waals surface area (Å²) < 4.78 is 5.04. The van der Waals surface area contributed by atoms with Crippen LogP contribution in [-0.4, -0.2) is 41.4 Å². The number of amides is 1. The number of phenolic OH excluding ortho intramolecular Hbond substituents is 1. The molecule has 104 valence electrons. The molecule has 1 heterocycles. The van der Waals surface area contributed by atoms with Gasteiger partial charge in [-0.15, -0.1) is 0 Å². The third kappa shape index (κ3) is 3.03. The second-order valence-corrected chi connectivity index (χ2v) is 5.42. The normalized spacial score (nSPS) is 19.3. The molecule has 4 nitrogen and oxygen atoms in total. The van der Waals surface area contributed by atoms with Crippen molar-refractivity contribution in [3.05, 3.63) is 23.8 Å². The molecule has 1 unspecified atom stereocenters. The van der Waals surface area contributed by atoms with Crippen molar-refractivity contribution in [1.82, 2.24) is 4.90 Å². The van der Waals surface area contributed by atoms with Gasteiger partial charge in [0.05, 0.1) is 12.7 Å². The predicted octanol–water partition coefficient (Wildman–Crippen LogP) is 2.65. The number of benzene rings is 1. The number of methoxy groups -OCH3 is 1. The van der Waals surface area contributed by atoms with Gasteiger partial charge in [-0.25, -0.2) is 0 Å². The molecule has 1 saturated heterocycles. The third-order valence-electron chi connectivity index (χ3n) is 3.47. The Labute approximate surface area is 121 Å². The summed E-state index contributed by atoms with van der Waals surface area (Å²) in [6.45, 7) is 1.49. The molecule has 0 radical (unpaired) electrons. The second kappa shape index (κ2) is 6.28. The van der Waals surface area contributed by atoms with Crippen LogP contribution in [0.3, 0.4) is 0 Å². The number of halogens is 1. The van der Waals surface area contributed by atoms with Gasteiger partial charge in [-0.05, 0) is 30.9 Å². The maximum absolute atomic E-state index is 12.4. The van der Waals surface area contributed by atoms with E-state index in [0.29, 0.717) is 17.2 Å². The average Bonchev–Trinajstić information content (AvgIpc) is 2.47. The number of alkyl halides is 1. The highest BCUT2D eigenvalue weighted by atomic mass is 79.9. The molecular weight excluding hydrogens is 310 g/mol. The number of hydrogen-bond donors (Lipinski definition) is 1. The lowest BCUT2D eigenvalue weighted by Crippen LogP contribution is -2.40. The number of hydrogen-bond acceptors (Lipinski definition) is 3. The summed E-state index contributed by atoms with van der Waals surface area (Å²) in [5.74, 6) is 0.628. The Morgan fingerprint density at radius 2 is 2.37 bits per heavy atom. The Bertz CT molecular complexity index is 464. The van der Waals surface area contributed by atoms with Gasteiger partial charge in [0.25, 0.3) is 5.91 Å². The van der Waals surface area contributed by atoms with E-state index in [2.05, 4.69) is 15.9 Å². The molecule has 1 aromatic rings. The van der Waals surface area contributed by atoms with E-state index < -0.39 is 0 Å². The van der Waals surface area contributed by atoms with E-state index in [1.807, 2.05) is 4.90 Å². The fraction of sp³-hybridized carbons (Fsp3) is 0.500. The highest BCUT2D eigenvalue weighted by Gasteiger charge is 2.26. The third-order valence-corrected chi connectivity index (χ3v) is 4.39. The van der Waals surface area contributed by atoms with Crippen molar-refractivity contribution >= 4 is 21.8 Å². The largest absolute Gasteiger partial charge is 0.504 e. The number of ether oxygens (including phenoxy) is 1. The van der Waals surface area contributed by atoms with Crippen LogP contribution in [0.15, 0.2) is 18.2 Å². The minimum absolute atomic E-state index is 0.0732. The maximum atomic E-state index is 12.4. The molecule has 1 amide bonds. The van der Waals surface area contributed by atoms with Crippen molar-refractivity contribution in [1.29, 1.82) is 0 Å². The van der Waals surface area contributed by atoms with Crippen LogP contribution in [-0.2, 0) is 0 Å². The van der Waals surface area contributed by atoms with Gasteiger partial charge in [0.1, 0.15) is 0 Å². The molecule has 0 aromatic heterocycles. The Hall–Kier alpha value is -1.23. The fourth-order valence-electron chi connectivity index (χ4n) is 2.41. The van der Waals surface area contributed by atoms with Crippen molar-refractivity contribution in [2.24, 2.45) is 5.92 Å². The zero-order valence-electron chi connectivity index (χ0n) is 10.9. The van der Waals surface area contributed by atoms with Gasteiger partial charge in [-0.3, -0.25) is 4.79 Å². The molecule has 2 rings (SSSR count). The van der Waals surface area contributed by atoms with Crippen LogP contribution in [0.25, 0.3) is 0 Å². The highest BCUT2D eigenvalue weighted by molar-refractivity contribution is 9.09. The standard InChI is InChI=1S/C14H18BrNO3/c1-19-12-6-2-5-11(13(12)17)14(18)16-7-3-4-10(8-15)9-16/h2,5-6,10,17H,3-4,7-9H2,1H3. The first kappa shape index (κ1) is 14.2. The Balaban J connectivity index is 2.19. The number of piperidine rings is 1. The van der Waals surface area contributed by atoms with Crippen LogP contribution in [0.1, 0.15) is 23.2 Å². The van der Waals surface area contributed by atoms with Crippen LogP contribution < -0.4 is 4.74 Å². The maximum Gasteiger partial charge on any atom is 0.257 e. The number of para-hydroxylation sites is 1. The van der Waals surface area contributed by atoms with Crippen LogP contribution in [0, 0.1) is 5.92 Å². The lowest BCUT2D eigenvalue weighted by molar-refractivity contribution is 0.0682. The summed E-state index contributed by atoms with van der Waals surface area (Å²) >= 11 is 3.47. The first-order chi connectivity index (χ1) is 9.17. The Morgan fingerprint density at radius 3 is 3.05 bits per heavy atom. The lowest BCUT2D eigenvalue weighted by atomic mass is 9.99. The van der Waals surface area contributed by atoms with Crippen molar-refractivity contribution in [3.63, 3.8) is 0 Å². The molecule has 0 bridgehead atoms. The monoisotopic (exact) mass is 327 g/mol. The number of aromatic hydroxyl groups is 1. The van der Waals surface area contributed by atoms with Gasteiger partial charge in [0, 0.05) is 18.4 Å². The second-order valence-electron chi connectivity index (χ2n) is 4.77. The van der Waals surface area contributed by atoms with Crippen LogP contribution in [0.5, 0.6) is 11.5 Å². The zero-order chi connectivity index (χ0) is 13.8. The molecule has 0 spiro atoms. The smallest absolute Gasteiger partial charge is 0.257 e. The van der Waals surface area contributed by atoms with Crippen LogP contribution in [0.4, 0.5) is 0 Å². The number of likely N-dealkylation sites (tertiary alicyclic amines) is 1. The first-order valence-electron chi connectivity index (χ1n) is 6.38. The van der Waals surface area contributed by atoms with Gasteiger partial charge >= 0.3 is 0 Å². The molecule has 0 aliphatic carbocycles. The number of carbonyl (C=O) groups excluding carboxylic acids is 1. The van der Waals surface area contributed by atoms with E-state index in [4.69, 9.17) is 4.74 Å². The van der Waals surface area contributed by atoms with Gasteiger partial charge in [0.2, 0.25) is 0 Å². The summed E-state index contributed by atoms with van der Waals surface area (Å²) in [7, 11) is 1.48. The molecule has 1 aromatic carbocycles. The lowest BCUT2D eigenvalue weighted by Gasteiger charge is -2.32. The minimum atomic E-state index is -0.123. The van der Waals surface area contributed by atoms with E-state index in [9.17, 15) is 9.90 Å². The number of nitrogens with zero attached hydrogens (tertiary/aromatic N) is 1. The SMILES string of the molecule is COc1cccc(C(=O)N2CCCC(CBr)C2)c1O. The summed E-state index contributed by atoms with van der Waals surface area (Å²) in [6, 6.07) is 5.00. The summed E-state index contributed by atoms with van der Waals surface area (Å²) in [5.41, 5.74) is 0.314. The van der Waals surface area contributed by atoms with Crippen LogP contribution >= 0.6 is 15.9 Å². The number of phenols is 1. The van der Waals surface area contributed by atoms with Gasteiger partial charge in [-0.1, -0.05) is 22.0 Å². The van der Waals surface area contributed by atoms with Crippen molar-refractivity contribution in [2.75, 3.05) is 25.5 Å². The van der Waals surface area contributed by atoms with E-state index in [1.165, 1.54) is 7.11 Å².